The van der Waals surface area contributed by atoms with Gasteiger partial charge in [0.25, 0.3) is 5.91 Å². The smallest absolute Gasteiger partial charge is 0.254 e. The monoisotopic (exact) mass is 261 g/mol. The number of benzene rings is 1. The molecule has 0 spiro atoms. The number of aliphatic hydroxyl groups excluding tert-OH is 1. The Balaban J connectivity index is 2.20. The van der Waals surface area contributed by atoms with Crippen LogP contribution in [0.25, 0.3) is 0 Å². The van der Waals surface area contributed by atoms with E-state index in [1.54, 1.807) is 6.92 Å². The average molecular weight is 261 g/mol. The van der Waals surface area contributed by atoms with E-state index in [9.17, 15) is 9.90 Å². The molecule has 1 N–H and O–H groups in total. The standard InChI is InChI=1S/C16H23NO2/c1-11-6-7-12(2)15(9-11)16(19)17-8-4-5-14(17)10-13(3)18/h6-7,9,13-14,18H,4-5,8,10H2,1-3H3. The molecule has 3 heteroatoms. The molecular formula is C16H23NO2. The second-order valence-corrected chi connectivity index (χ2v) is 5.70. The number of amides is 1. The molecule has 1 fully saturated rings. The predicted octanol–water partition coefficient (Wildman–Crippen LogP) is 2.68. The Labute approximate surface area is 115 Å². The molecule has 2 unspecified atom stereocenters. The summed E-state index contributed by atoms with van der Waals surface area (Å²) in [6.45, 7) is 6.59. The summed E-state index contributed by atoms with van der Waals surface area (Å²) in [5.41, 5.74) is 2.94. The summed E-state index contributed by atoms with van der Waals surface area (Å²) >= 11 is 0. The first-order valence-electron chi connectivity index (χ1n) is 7.05. The predicted molar refractivity (Wildman–Crippen MR) is 76.3 cm³/mol. The first-order valence-corrected chi connectivity index (χ1v) is 7.05. The lowest BCUT2D eigenvalue weighted by Gasteiger charge is -2.26. The van der Waals surface area contributed by atoms with E-state index < -0.39 is 0 Å². The molecule has 0 saturated carbocycles. The Morgan fingerprint density at radius 3 is 2.89 bits per heavy atom. The number of hydrogen-bond acceptors (Lipinski definition) is 2. The van der Waals surface area contributed by atoms with Gasteiger partial charge in [-0.25, -0.2) is 0 Å². The topological polar surface area (TPSA) is 40.5 Å². The quantitative estimate of drug-likeness (QED) is 0.908. The van der Waals surface area contributed by atoms with Crippen molar-refractivity contribution in [3.63, 3.8) is 0 Å². The molecule has 2 atom stereocenters. The van der Waals surface area contributed by atoms with Crippen LogP contribution in [0.4, 0.5) is 0 Å². The highest BCUT2D eigenvalue weighted by Crippen LogP contribution is 2.25. The fourth-order valence-electron chi connectivity index (χ4n) is 2.86. The van der Waals surface area contributed by atoms with Crippen molar-refractivity contribution in [1.82, 2.24) is 4.90 Å². The van der Waals surface area contributed by atoms with Gasteiger partial charge in [0.1, 0.15) is 0 Å². The van der Waals surface area contributed by atoms with Crippen LogP contribution in [-0.4, -0.2) is 34.6 Å². The summed E-state index contributed by atoms with van der Waals surface area (Å²) in [7, 11) is 0. The van der Waals surface area contributed by atoms with Gasteiger partial charge >= 0.3 is 0 Å². The number of carbonyl (C=O) groups is 1. The molecule has 1 aliphatic heterocycles. The van der Waals surface area contributed by atoms with Gasteiger partial charge in [-0.05, 0) is 51.7 Å². The summed E-state index contributed by atoms with van der Waals surface area (Å²) in [6, 6.07) is 6.19. The molecule has 0 aromatic heterocycles. The fraction of sp³-hybridized carbons (Fsp3) is 0.562. The van der Waals surface area contributed by atoms with Crippen LogP contribution in [0, 0.1) is 13.8 Å². The van der Waals surface area contributed by atoms with Crippen LogP contribution in [0.3, 0.4) is 0 Å². The van der Waals surface area contributed by atoms with Crippen LogP contribution in [0.5, 0.6) is 0 Å². The van der Waals surface area contributed by atoms with Gasteiger partial charge in [-0.1, -0.05) is 17.7 Å². The van der Waals surface area contributed by atoms with E-state index in [0.717, 1.165) is 36.1 Å². The molecular weight excluding hydrogens is 238 g/mol. The maximum absolute atomic E-state index is 12.7. The summed E-state index contributed by atoms with van der Waals surface area (Å²) in [5.74, 6) is 0.115. The third-order valence-electron chi connectivity index (χ3n) is 3.87. The van der Waals surface area contributed by atoms with Gasteiger partial charge < -0.3 is 10.0 Å². The van der Waals surface area contributed by atoms with Crippen LogP contribution in [0.1, 0.15) is 47.7 Å². The first kappa shape index (κ1) is 14.1. The highest BCUT2D eigenvalue weighted by Gasteiger charge is 2.30. The highest BCUT2D eigenvalue weighted by molar-refractivity contribution is 5.96. The largest absolute Gasteiger partial charge is 0.393 e. The van der Waals surface area contributed by atoms with Crippen LogP contribution in [-0.2, 0) is 0 Å². The van der Waals surface area contributed by atoms with Crippen molar-refractivity contribution in [3.05, 3.63) is 34.9 Å². The van der Waals surface area contributed by atoms with E-state index in [0.29, 0.717) is 6.42 Å². The second kappa shape index (κ2) is 5.74. The van der Waals surface area contributed by atoms with Crippen molar-refractivity contribution < 1.29 is 9.90 Å². The third-order valence-corrected chi connectivity index (χ3v) is 3.87. The summed E-state index contributed by atoms with van der Waals surface area (Å²) in [4.78, 5) is 14.6. The molecule has 1 amide bonds. The van der Waals surface area contributed by atoms with Gasteiger partial charge in [0.15, 0.2) is 0 Å². The maximum Gasteiger partial charge on any atom is 0.254 e. The molecule has 104 valence electrons. The zero-order chi connectivity index (χ0) is 14.0. The van der Waals surface area contributed by atoms with E-state index in [1.165, 1.54) is 0 Å². The molecule has 1 heterocycles. The number of aliphatic hydroxyl groups is 1. The van der Waals surface area contributed by atoms with E-state index in [1.807, 2.05) is 36.9 Å². The van der Waals surface area contributed by atoms with Crippen LogP contribution >= 0.6 is 0 Å². The molecule has 1 aromatic carbocycles. The van der Waals surface area contributed by atoms with Gasteiger partial charge in [0.2, 0.25) is 0 Å². The van der Waals surface area contributed by atoms with Crippen molar-refractivity contribution in [2.45, 2.75) is 52.2 Å². The number of likely N-dealkylation sites (tertiary alicyclic amines) is 1. The normalized spacial score (nSPS) is 20.6. The summed E-state index contributed by atoms with van der Waals surface area (Å²) in [6.07, 6.45) is 2.36. The zero-order valence-corrected chi connectivity index (χ0v) is 12.0. The molecule has 0 radical (unpaired) electrons. The Bertz CT molecular complexity index is 468. The van der Waals surface area contributed by atoms with Crippen LogP contribution in [0.15, 0.2) is 18.2 Å². The molecule has 1 saturated heterocycles. The lowest BCUT2D eigenvalue weighted by molar-refractivity contribution is 0.0681. The van der Waals surface area contributed by atoms with E-state index in [4.69, 9.17) is 0 Å². The molecule has 1 aromatic rings. The Morgan fingerprint density at radius 1 is 1.47 bits per heavy atom. The molecule has 1 aliphatic rings. The lowest BCUT2D eigenvalue weighted by Crippen LogP contribution is -2.37. The fourth-order valence-corrected chi connectivity index (χ4v) is 2.86. The van der Waals surface area contributed by atoms with Crippen LogP contribution in [0.2, 0.25) is 0 Å². The minimum Gasteiger partial charge on any atom is -0.393 e. The average Bonchev–Trinajstić information content (AvgIpc) is 2.78. The van der Waals surface area contributed by atoms with Gasteiger partial charge in [-0.2, -0.15) is 0 Å². The van der Waals surface area contributed by atoms with E-state index in [-0.39, 0.29) is 18.1 Å². The molecule has 19 heavy (non-hydrogen) atoms. The molecule has 2 rings (SSSR count). The van der Waals surface area contributed by atoms with Crippen molar-refractivity contribution in [3.8, 4) is 0 Å². The summed E-state index contributed by atoms with van der Waals surface area (Å²) < 4.78 is 0. The minimum atomic E-state index is -0.350. The summed E-state index contributed by atoms with van der Waals surface area (Å²) in [5, 5.41) is 9.54. The first-order chi connectivity index (χ1) is 8.99. The van der Waals surface area contributed by atoms with Gasteiger partial charge in [-0.3, -0.25) is 4.79 Å². The van der Waals surface area contributed by atoms with Crippen molar-refractivity contribution in [1.29, 1.82) is 0 Å². The molecule has 0 aliphatic carbocycles. The second-order valence-electron chi connectivity index (χ2n) is 5.70. The van der Waals surface area contributed by atoms with Crippen LogP contribution < -0.4 is 0 Å². The molecule has 3 nitrogen and oxygen atoms in total. The Morgan fingerprint density at radius 2 is 2.21 bits per heavy atom. The number of rotatable bonds is 3. The molecule has 0 bridgehead atoms. The van der Waals surface area contributed by atoms with Gasteiger partial charge in [-0.15, -0.1) is 0 Å². The van der Waals surface area contributed by atoms with Crippen molar-refractivity contribution >= 4 is 5.91 Å². The maximum atomic E-state index is 12.7. The van der Waals surface area contributed by atoms with Crippen molar-refractivity contribution in [2.24, 2.45) is 0 Å². The minimum absolute atomic E-state index is 0.115. The van der Waals surface area contributed by atoms with Crippen molar-refractivity contribution in [2.75, 3.05) is 6.54 Å². The zero-order valence-electron chi connectivity index (χ0n) is 12.0. The number of hydrogen-bond donors (Lipinski definition) is 1. The highest BCUT2D eigenvalue weighted by atomic mass is 16.3. The third kappa shape index (κ3) is 3.16. The lowest BCUT2D eigenvalue weighted by atomic mass is 10.0. The number of nitrogens with zero attached hydrogens (tertiary/aromatic N) is 1. The number of aryl methyl sites for hydroxylation is 2. The Hall–Kier alpha value is -1.35. The van der Waals surface area contributed by atoms with Gasteiger partial charge in [0, 0.05) is 18.2 Å². The van der Waals surface area contributed by atoms with Gasteiger partial charge in [0.05, 0.1) is 6.10 Å². The SMILES string of the molecule is Cc1ccc(C)c(C(=O)N2CCCC2CC(C)O)c1. The van der Waals surface area contributed by atoms with E-state index in [2.05, 4.69) is 0 Å². The Kier molecular flexibility index (Phi) is 4.25. The number of carbonyl (C=O) groups excluding carboxylic acids is 1. The van der Waals surface area contributed by atoms with E-state index >= 15 is 0 Å².